The maximum absolute atomic E-state index is 12.4. The van der Waals surface area contributed by atoms with E-state index in [1.54, 1.807) is 20.8 Å². The Morgan fingerprint density at radius 2 is 1.75 bits per heavy atom. The minimum atomic E-state index is -0.948. The van der Waals surface area contributed by atoms with Crippen LogP contribution in [0.15, 0.2) is 0 Å². The van der Waals surface area contributed by atoms with Gasteiger partial charge in [0.05, 0.1) is 12.2 Å². The van der Waals surface area contributed by atoms with Gasteiger partial charge in [-0.3, -0.25) is 4.79 Å². The molecule has 0 bridgehead atoms. The van der Waals surface area contributed by atoms with Crippen LogP contribution >= 0.6 is 0 Å². The normalized spacial score (nSPS) is 12.5. The van der Waals surface area contributed by atoms with E-state index >= 15 is 0 Å². The fourth-order valence-corrected chi connectivity index (χ4v) is 2.21. The number of ether oxygens (including phenoxy) is 2. The first-order chi connectivity index (χ1) is 11.0. The fraction of sp³-hybridized carbons (Fsp3) is 0.588. The molecule has 0 fully saturated rings. The van der Waals surface area contributed by atoms with E-state index in [0.29, 0.717) is 11.3 Å². The SMILES string of the molecule is CCOC(=O)c1[nH]c(C)c(C(=O)O[C@H](C)C(=O)NC(C)(C)C)c1C. The monoisotopic (exact) mass is 338 g/mol. The van der Waals surface area contributed by atoms with E-state index < -0.39 is 23.6 Å². The number of aryl methyl sites for hydroxylation is 1. The van der Waals surface area contributed by atoms with Crippen molar-refractivity contribution in [3.05, 3.63) is 22.5 Å². The largest absolute Gasteiger partial charge is 0.461 e. The number of esters is 2. The van der Waals surface area contributed by atoms with Crippen LogP contribution in [0.4, 0.5) is 0 Å². The molecule has 0 spiro atoms. The number of hydrogen-bond acceptors (Lipinski definition) is 5. The van der Waals surface area contributed by atoms with E-state index in [2.05, 4.69) is 10.3 Å². The number of aromatic nitrogens is 1. The molecule has 0 saturated heterocycles. The molecule has 1 atom stereocenters. The van der Waals surface area contributed by atoms with E-state index in [1.807, 2.05) is 20.8 Å². The van der Waals surface area contributed by atoms with E-state index in [0.717, 1.165) is 0 Å². The number of amides is 1. The Bertz CT molecular complexity index is 640. The molecule has 7 nitrogen and oxygen atoms in total. The van der Waals surface area contributed by atoms with Gasteiger partial charge in [0.2, 0.25) is 0 Å². The van der Waals surface area contributed by atoms with E-state index in [1.165, 1.54) is 6.92 Å². The fourth-order valence-electron chi connectivity index (χ4n) is 2.21. The predicted molar refractivity (Wildman–Crippen MR) is 89.0 cm³/mol. The molecule has 0 aliphatic heterocycles. The van der Waals surface area contributed by atoms with Crippen molar-refractivity contribution >= 4 is 17.8 Å². The molecule has 7 heteroatoms. The third-order valence-electron chi connectivity index (χ3n) is 3.27. The lowest BCUT2D eigenvalue weighted by molar-refractivity contribution is -0.130. The Hall–Kier alpha value is -2.31. The van der Waals surface area contributed by atoms with Gasteiger partial charge in [-0.25, -0.2) is 9.59 Å². The van der Waals surface area contributed by atoms with Gasteiger partial charge in [-0.1, -0.05) is 0 Å². The summed E-state index contributed by atoms with van der Waals surface area (Å²) in [4.78, 5) is 39.1. The Balaban J connectivity index is 2.92. The van der Waals surface area contributed by atoms with Gasteiger partial charge in [-0.05, 0) is 54.0 Å². The van der Waals surface area contributed by atoms with Crippen molar-refractivity contribution in [2.75, 3.05) is 6.61 Å². The maximum Gasteiger partial charge on any atom is 0.355 e. The Morgan fingerprint density at radius 1 is 1.17 bits per heavy atom. The van der Waals surface area contributed by atoms with Gasteiger partial charge in [0.25, 0.3) is 5.91 Å². The zero-order chi connectivity index (χ0) is 18.7. The first-order valence-corrected chi connectivity index (χ1v) is 7.87. The number of nitrogens with one attached hydrogen (secondary N) is 2. The second kappa shape index (κ2) is 7.51. The molecule has 1 rings (SSSR count). The number of carbonyl (C=O) groups excluding carboxylic acids is 3. The lowest BCUT2D eigenvalue weighted by Crippen LogP contribution is -2.46. The van der Waals surface area contributed by atoms with Crippen molar-refractivity contribution in [1.29, 1.82) is 0 Å². The molecule has 0 aliphatic carbocycles. The number of aromatic amines is 1. The van der Waals surface area contributed by atoms with E-state index in [4.69, 9.17) is 9.47 Å². The highest BCUT2D eigenvalue weighted by Crippen LogP contribution is 2.20. The zero-order valence-electron chi connectivity index (χ0n) is 15.3. The van der Waals surface area contributed by atoms with Gasteiger partial charge in [-0.15, -0.1) is 0 Å². The Kier molecular flexibility index (Phi) is 6.17. The van der Waals surface area contributed by atoms with Crippen LogP contribution in [0.1, 0.15) is 66.7 Å². The average Bonchev–Trinajstić information content (AvgIpc) is 2.72. The maximum atomic E-state index is 12.4. The highest BCUT2D eigenvalue weighted by Gasteiger charge is 2.27. The van der Waals surface area contributed by atoms with Crippen molar-refractivity contribution in [2.45, 2.75) is 60.1 Å². The van der Waals surface area contributed by atoms with Crippen molar-refractivity contribution in [3.8, 4) is 0 Å². The topological polar surface area (TPSA) is 97.5 Å². The first kappa shape index (κ1) is 19.7. The number of hydrogen-bond donors (Lipinski definition) is 2. The molecule has 1 aromatic rings. The van der Waals surface area contributed by atoms with Crippen LogP contribution in [-0.4, -0.2) is 41.1 Å². The number of carbonyl (C=O) groups is 3. The molecule has 134 valence electrons. The van der Waals surface area contributed by atoms with Crippen LogP contribution in [0.2, 0.25) is 0 Å². The van der Waals surface area contributed by atoms with Crippen LogP contribution < -0.4 is 5.32 Å². The van der Waals surface area contributed by atoms with Gasteiger partial charge in [0.15, 0.2) is 6.10 Å². The van der Waals surface area contributed by atoms with Gasteiger partial charge in [0.1, 0.15) is 5.69 Å². The van der Waals surface area contributed by atoms with Gasteiger partial charge >= 0.3 is 11.9 Å². The van der Waals surface area contributed by atoms with Crippen LogP contribution in [0.25, 0.3) is 0 Å². The van der Waals surface area contributed by atoms with Crippen LogP contribution in [-0.2, 0) is 14.3 Å². The van der Waals surface area contributed by atoms with Crippen molar-refractivity contribution in [1.82, 2.24) is 10.3 Å². The summed E-state index contributed by atoms with van der Waals surface area (Å²) in [6.07, 6.45) is -0.948. The minimum Gasteiger partial charge on any atom is -0.461 e. The van der Waals surface area contributed by atoms with Gasteiger partial charge in [0, 0.05) is 11.2 Å². The molecule has 0 aliphatic rings. The molecule has 1 aromatic heterocycles. The molecular weight excluding hydrogens is 312 g/mol. The van der Waals surface area contributed by atoms with Gasteiger partial charge in [-0.2, -0.15) is 0 Å². The summed E-state index contributed by atoms with van der Waals surface area (Å²) in [6.45, 7) is 12.2. The third kappa shape index (κ3) is 4.84. The van der Waals surface area contributed by atoms with Crippen molar-refractivity contribution in [3.63, 3.8) is 0 Å². The smallest absolute Gasteiger partial charge is 0.355 e. The summed E-state index contributed by atoms with van der Waals surface area (Å²) in [7, 11) is 0. The minimum absolute atomic E-state index is 0.216. The summed E-state index contributed by atoms with van der Waals surface area (Å²) in [5, 5.41) is 2.75. The van der Waals surface area contributed by atoms with Gasteiger partial charge < -0.3 is 19.8 Å². The summed E-state index contributed by atoms with van der Waals surface area (Å²) in [5.41, 5.74) is 0.972. The lowest BCUT2D eigenvalue weighted by atomic mass is 10.1. The Morgan fingerprint density at radius 3 is 2.25 bits per heavy atom. The molecule has 0 aromatic carbocycles. The number of H-pyrrole nitrogens is 1. The molecule has 1 amide bonds. The summed E-state index contributed by atoms with van der Waals surface area (Å²) in [6, 6.07) is 0. The predicted octanol–water partition coefficient (Wildman–Crippen LogP) is 2.27. The first-order valence-electron chi connectivity index (χ1n) is 7.87. The molecule has 2 N–H and O–H groups in total. The number of rotatable bonds is 5. The highest BCUT2D eigenvalue weighted by molar-refractivity contribution is 5.99. The summed E-state index contributed by atoms with van der Waals surface area (Å²) in [5.74, 6) is -1.57. The molecule has 24 heavy (non-hydrogen) atoms. The quantitative estimate of drug-likeness (QED) is 0.803. The van der Waals surface area contributed by atoms with Crippen LogP contribution in [0.5, 0.6) is 0 Å². The zero-order valence-corrected chi connectivity index (χ0v) is 15.3. The van der Waals surface area contributed by atoms with E-state index in [-0.39, 0.29) is 23.8 Å². The van der Waals surface area contributed by atoms with Crippen LogP contribution in [0, 0.1) is 13.8 Å². The second-order valence-corrected chi connectivity index (χ2v) is 6.63. The molecule has 0 saturated carbocycles. The lowest BCUT2D eigenvalue weighted by Gasteiger charge is -2.23. The van der Waals surface area contributed by atoms with E-state index in [9.17, 15) is 14.4 Å². The summed E-state index contributed by atoms with van der Waals surface area (Å²) >= 11 is 0. The highest BCUT2D eigenvalue weighted by atomic mass is 16.5. The second-order valence-electron chi connectivity index (χ2n) is 6.63. The third-order valence-corrected chi connectivity index (χ3v) is 3.27. The average molecular weight is 338 g/mol. The molecular formula is C17H26N2O5. The molecule has 0 unspecified atom stereocenters. The molecule has 1 heterocycles. The van der Waals surface area contributed by atoms with Crippen molar-refractivity contribution in [2.24, 2.45) is 0 Å². The van der Waals surface area contributed by atoms with Crippen LogP contribution in [0.3, 0.4) is 0 Å². The van der Waals surface area contributed by atoms with Crippen molar-refractivity contribution < 1.29 is 23.9 Å². The standard InChI is InChI=1S/C17H26N2O5/c1-8-23-16(22)13-9(2)12(10(3)18-13)15(21)24-11(4)14(20)19-17(5,6)7/h11,18H,8H2,1-7H3,(H,19,20)/t11-/m1/s1. The summed E-state index contributed by atoms with van der Waals surface area (Å²) < 4.78 is 10.2. The molecule has 0 radical (unpaired) electrons. The Labute approximate surface area is 142 Å².